The minimum Gasteiger partial charge on any atom is -0.271 e. The minimum atomic E-state index is 0.107. The molecule has 1 N–H and O–H groups in total. The van der Waals surface area contributed by atoms with Gasteiger partial charge in [-0.25, -0.2) is 15.0 Å². The first-order valence-electron chi connectivity index (χ1n) is 11.2. The summed E-state index contributed by atoms with van der Waals surface area (Å²) in [4.78, 5) is 7.10. The third-order valence-electron chi connectivity index (χ3n) is 6.37. The molecule has 2 aliphatic carbocycles. The summed E-state index contributed by atoms with van der Waals surface area (Å²) in [5.41, 5.74) is 6.74. The Hall–Kier alpha value is -4.68. The zero-order valence-electron chi connectivity index (χ0n) is 18.7. The van der Waals surface area contributed by atoms with Gasteiger partial charge < -0.3 is 0 Å². The Bertz CT molecular complexity index is 1390. The van der Waals surface area contributed by atoms with Gasteiger partial charge in [0.2, 0.25) is 0 Å². The van der Waals surface area contributed by atoms with Crippen molar-refractivity contribution >= 4 is 17.0 Å². The number of rotatable bonds is 4. The fraction of sp³-hybridized carbons (Fsp3) is 0.167. The second-order valence-electron chi connectivity index (χ2n) is 8.25. The van der Waals surface area contributed by atoms with Crippen molar-refractivity contribution in [1.29, 1.82) is 10.7 Å². The molecule has 1 unspecified atom stereocenters. The molecule has 0 bridgehead atoms. The molecule has 0 aliphatic heterocycles. The number of fused-ring (bicyclic) bond motifs is 1. The zero-order valence-corrected chi connectivity index (χ0v) is 18.7. The third-order valence-corrected chi connectivity index (χ3v) is 6.37. The van der Waals surface area contributed by atoms with Gasteiger partial charge in [0.1, 0.15) is 0 Å². The highest BCUT2D eigenvalue weighted by atomic mass is 14.7. The van der Waals surface area contributed by atoms with Crippen LogP contribution < -0.4 is 0 Å². The van der Waals surface area contributed by atoms with Gasteiger partial charge >= 0.3 is 0 Å². The Kier molecular flexibility index (Phi) is 6.81. The molecule has 1 atom stereocenters. The van der Waals surface area contributed by atoms with E-state index in [1.807, 2.05) is 60.7 Å². The van der Waals surface area contributed by atoms with Gasteiger partial charge in [0.15, 0.2) is 0 Å². The Balaban J connectivity index is 1.89. The maximum atomic E-state index is 9.65. The highest BCUT2D eigenvalue weighted by molar-refractivity contribution is 5.92. The normalized spacial score (nSPS) is 18.9. The average Bonchev–Trinajstić information content (AvgIpc) is 2.90. The van der Waals surface area contributed by atoms with Gasteiger partial charge in [-0.1, -0.05) is 72.8 Å². The molecule has 34 heavy (non-hydrogen) atoms. The lowest BCUT2D eigenvalue weighted by atomic mass is 9.74. The molecule has 2 aliphatic rings. The van der Waals surface area contributed by atoms with E-state index in [0.717, 1.165) is 59.1 Å². The van der Waals surface area contributed by atoms with Crippen molar-refractivity contribution in [2.24, 2.45) is 5.92 Å². The molecule has 0 saturated heterocycles. The summed E-state index contributed by atoms with van der Waals surface area (Å²) in [6.07, 6.45) is 7.83. The van der Waals surface area contributed by atoms with Crippen molar-refractivity contribution in [3.63, 3.8) is 0 Å². The summed E-state index contributed by atoms with van der Waals surface area (Å²) >= 11 is 0. The van der Waals surface area contributed by atoms with Crippen molar-refractivity contribution in [3.8, 4) is 6.07 Å². The van der Waals surface area contributed by atoms with E-state index in [2.05, 4.69) is 33.8 Å². The number of hydrogen-bond donors (Lipinski definition) is 1. The Morgan fingerprint density at radius 1 is 0.882 bits per heavy atom. The molecule has 2 aromatic carbocycles. The summed E-state index contributed by atoms with van der Waals surface area (Å²) < 4.78 is 0. The Labute approximate surface area is 200 Å². The van der Waals surface area contributed by atoms with Crippen LogP contribution in [0.25, 0.3) is 20.8 Å². The molecule has 0 saturated carbocycles. The molecule has 0 amide bonds. The smallest absolute Gasteiger partial charge is 0.269 e. The molecule has 0 spiro atoms. The molecular weight excluding hydrogens is 416 g/mol. The molecule has 4 rings (SSSR count). The summed E-state index contributed by atoms with van der Waals surface area (Å²) in [6, 6.07) is 21.5. The third kappa shape index (κ3) is 4.44. The van der Waals surface area contributed by atoms with Crippen LogP contribution in [0.5, 0.6) is 0 Å². The Morgan fingerprint density at radius 2 is 1.53 bits per heavy atom. The van der Waals surface area contributed by atoms with E-state index in [9.17, 15) is 5.26 Å². The van der Waals surface area contributed by atoms with Crippen LogP contribution in [0.2, 0.25) is 0 Å². The van der Waals surface area contributed by atoms with Crippen LogP contribution in [-0.4, -0.2) is 5.87 Å². The fourth-order valence-corrected chi connectivity index (χ4v) is 4.80. The number of hydrogen-bond acceptors (Lipinski definition) is 2. The molecule has 162 valence electrons. The molecular formula is C30H22N4. The number of nitrogens with zero attached hydrogens (tertiary/aromatic N) is 3. The van der Waals surface area contributed by atoms with E-state index < -0.39 is 0 Å². The predicted octanol–water partition coefficient (Wildman–Crippen LogP) is 7.40. The van der Waals surface area contributed by atoms with Crippen molar-refractivity contribution in [3.05, 3.63) is 135 Å². The maximum absolute atomic E-state index is 9.65. The van der Waals surface area contributed by atoms with Crippen molar-refractivity contribution in [2.45, 2.75) is 25.7 Å². The number of allylic oxidation sites excluding steroid dienone is 8. The minimum absolute atomic E-state index is 0.107. The van der Waals surface area contributed by atoms with Gasteiger partial charge in [-0.15, -0.1) is 0 Å². The summed E-state index contributed by atoms with van der Waals surface area (Å²) in [5.74, 6) is 2.73. The highest BCUT2D eigenvalue weighted by Gasteiger charge is 2.27. The van der Waals surface area contributed by atoms with Crippen LogP contribution in [0.1, 0.15) is 36.8 Å². The van der Waals surface area contributed by atoms with Crippen molar-refractivity contribution in [2.75, 3.05) is 0 Å². The fourth-order valence-electron chi connectivity index (χ4n) is 4.80. The summed E-state index contributed by atoms with van der Waals surface area (Å²) in [5, 5.41) is 17.3. The lowest BCUT2D eigenvalue weighted by Crippen LogP contribution is -2.15. The van der Waals surface area contributed by atoms with E-state index in [-0.39, 0.29) is 11.4 Å². The van der Waals surface area contributed by atoms with Crippen LogP contribution >= 0.6 is 0 Å². The zero-order chi connectivity index (χ0) is 23.9. The summed E-state index contributed by atoms with van der Waals surface area (Å²) in [7, 11) is 0. The monoisotopic (exact) mass is 438 g/mol. The first kappa shape index (κ1) is 22.5. The topological polar surface area (TPSA) is 56.4 Å². The lowest BCUT2D eigenvalue weighted by molar-refractivity contribution is 0.503. The van der Waals surface area contributed by atoms with Crippen LogP contribution in [0.15, 0.2) is 101 Å². The van der Waals surface area contributed by atoms with E-state index in [0.29, 0.717) is 11.5 Å². The number of nitrogens with one attached hydrogen (secondary N) is 1. The van der Waals surface area contributed by atoms with Gasteiger partial charge in [0, 0.05) is 11.1 Å². The van der Waals surface area contributed by atoms with Gasteiger partial charge in [-0.3, -0.25) is 5.41 Å². The molecule has 4 heteroatoms. The van der Waals surface area contributed by atoms with E-state index >= 15 is 0 Å². The van der Waals surface area contributed by atoms with Crippen LogP contribution in [0.3, 0.4) is 0 Å². The largest absolute Gasteiger partial charge is 0.271 e. The first-order valence-corrected chi connectivity index (χ1v) is 11.2. The molecule has 0 radical (unpaired) electrons. The first-order chi connectivity index (χ1) is 16.7. The van der Waals surface area contributed by atoms with Gasteiger partial charge in [0.25, 0.3) is 11.4 Å². The lowest BCUT2D eigenvalue weighted by Gasteiger charge is -2.31. The summed E-state index contributed by atoms with van der Waals surface area (Å²) in [6.45, 7) is 15.1. The SMILES string of the molecule is [C-]#[N+]C(=C=N)C(=C1C=C2C=C(C(=C(C#N)[N+]#[C-])c3ccccc3)CCC2CC1)c1ccccc1. The molecule has 0 aromatic heterocycles. The molecule has 2 aromatic rings. The van der Waals surface area contributed by atoms with Crippen molar-refractivity contribution < 1.29 is 0 Å². The van der Waals surface area contributed by atoms with Crippen molar-refractivity contribution in [1.82, 2.24) is 0 Å². The van der Waals surface area contributed by atoms with Gasteiger partial charge in [0.05, 0.1) is 19.2 Å². The second kappa shape index (κ2) is 10.3. The molecule has 0 heterocycles. The number of nitriles is 1. The average molecular weight is 439 g/mol. The Morgan fingerprint density at radius 3 is 2.12 bits per heavy atom. The van der Waals surface area contributed by atoms with E-state index in [1.165, 1.54) is 0 Å². The molecule has 4 nitrogen and oxygen atoms in total. The second-order valence-corrected chi connectivity index (χ2v) is 8.25. The van der Waals surface area contributed by atoms with Crippen LogP contribution in [0.4, 0.5) is 0 Å². The predicted molar refractivity (Wildman–Crippen MR) is 135 cm³/mol. The van der Waals surface area contributed by atoms with E-state index in [1.54, 1.807) is 0 Å². The van der Waals surface area contributed by atoms with E-state index in [4.69, 9.17) is 18.6 Å². The highest BCUT2D eigenvalue weighted by Crippen LogP contribution is 2.44. The van der Waals surface area contributed by atoms with Gasteiger partial charge in [-0.05, 0) is 65.3 Å². The van der Waals surface area contributed by atoms with Crippen LogP contribution in [-0.2, 0) is 0 Å². The number of benzene rings is 2. The standard InChI is InChI=1S/C30H22N4/c1-33-27(19-31)29(22-9-5-3-6-10-22)24-15-13-21-14-16-25(18-26(21)17-24)30(28(20-32)34-2)23-11-7-4-8-12-23/h3-12,17-18,21,31H,13-16H2. The van der Waals surface area contributed by atoms with Crippen LogP contribution in [0, 0.1) is 35.8 Å². The molecule has 0 fully saturated rings. The van der Waals surface area contributed by atoms with Gasteiger partial charge in [-0.2, -0.15) is 0 Å². The maximum Gasteiger partial charge on any atom is 0.269 e. The quantitative estimate of drug-likeness (QED) is 0.302.